The Morgan fingerprint density at radius 3 is 2.86 bits per heavy atom. The molecule has 1 aromatic carbocycles. The summed E-state index contributed by atoms with van der Waals surface area (Å²) in [5, 5.41) is 13.7. The Morgan fingerprint density at radius 2 is 2.19 bits per heavy atom. The number of benzene rings is 1. The molecule has 2 rings (SSSR count). The average molecular weight is 370 g/mol. The van der Waals surface area contributed by atoms with E-state index in [9.17, 15) is 9.59 Å². The largest absolute Gasteiger partial charge is 0.476 e. The summed E-state index contributed by atoms with van der Waals surface area (Å²) in [6, 6.07) is 5.00. The van der Waals surface area contributed by atoms with Gasteiger partial charge in [-0.1, -0.05) is 0 Å². The minimum atomic E-state index is -1.05. The Bertz CT molecular complexity index is 687. The molecule has 21 heavy (non-hydrogen) atoms. The molecule has 1 heterocycles. The van der Waals surface area contributed by atoms with Crippen LogP contribution in [0.25, 0.3) is 0 Å². The quantitative estimate of drug-likeness (QED) is 0.700. The number of amides is 1. The van der Waals surface area contributed by atoms with Crippen molar-refractivity contribution in [3.63, 3.8) is 0 Å². The van der Waals surface area contributed by atoms with E-state index < -0.39 is 5.97 Å². The number of carboxylic acids is 1. The molecule has 0 saturated heterocycles. The lowest BCUT2D eigenvalue weighted by Crippen LogP contribution is -2.26. The maximum absolute atomic E-state index is 12.0. The number of hydrogen-bond acceptors (Lipinski definition) is 5. The topological polar surface area (TPSA) is 105 Å². The molecule has 8 heteroatoms. The smallest absolute Gasteiger partial charge is 0.355 e. The van der Waals surface area contributed by atoms with E-state index in [0.717, 1.165) is 0 Å². The van der Waals surface area contributed by atoms with Crippen molar-refractivity contribution in [1.29, 1.82) is 0 Å². The van der Waals surface area contributed by atoms with Crippen LogP contribution >= 0.6 is 27.3 Å². The number of carbonyl (C=O) groups is 2. The van der Waals surface area contributed by atoms with Crippen LogP contribution in [0.15, 0.2) is 28.1 Å². The first-order chi connectivity index (χ1) is 9.97. The van der Waals surface area contributed by atoms with Gasteiger partial charge in [0.1, 0.15) is 0 Å². The fraction of sp³-hybridized carbons (Fsp3) is 0.154. The molecule has 110 valence electrons. The third-order valence-corrected chi connectivity index (χ3v) is 4.23. The third-order valence-electron chi connectivity index (χ3n) is 2.63. The summed E-state index contributed by atoms with van der Waals surface area (Å²) >= 11 is 4.55. The molecule has 1 aromatic heterocycles. The summed E-state index contributed by atoms with van der Waals surface area (Å²) in [4.78, 5) is 26.7. The molecule has 0 saturated carbocycles. The first-order valence-electron chi connectivity index (χ1n) is 5.98. The van der Waals surface area contributed by atoms with Crippen LogP contribution in [0, 0.1) is 0 Å². The van der Waals surface area contributed by atoms with Gasteiger partial charge in [0.05, 0.1) is 10.6 Å². The van der Waals surface area contributed by atoms with Crippen LogP contribution in [0.2, 0.25) is 0 Å². The predicted molar refractivity (Wildman–Crippen MR) is 83.7 cm³/mol. The number of nitrogens with two attached hydrogens (primary N) is 1. The number of aromatic nitrogens is 1. The molecule has 6 nitrogen and oxygen atoms in total. The number of rotatable bonds is 5. The molecule has 1 amide bonds. The lowest BCUT2D eigenvalue weighted by atomic mass is 10.2. The van der Waals surface area contributed by atoms with Crippen LogP contribution in [-0.2, 0) is 6.42 Å². The van der Waals surface area contributed by atoms with Crippen molar-refractivity contribution in [3.05, 3.63) is 44.3 Å². The van der Waals surface area contributed by atoms with Gasteiger partial charge in [-0.2, -0.15) is 0 Å². The zero-order valence-corrected chi connectivity index (χ0v) is 13.2. The Morgan fingerprint density at radius 1 is 1.43 bits per heavy atom. The second-order valence-corrected chi connectivity index (χ2v) is 5.97. The second-order valence-electron chi connectivity index (χ2n) is 4.18. The molecule has 0 aliphatic carbocycles. The summed E-state index contributed by atoms with van der Waals surface area (Å²) in [6.07, 6.45) is 0.476. The lowest BCUT2D eigenvalue weighted by molar-refractivity contribution is 0.0690. The van der Waals surface area contributed by atoms with E-state index in [-0.39, 0.29) is 11.6 Å². The lowest BCUT2D eigenvalue weighted by Gasteiger charge is -2.06. The van der Waals surface area contributed by atoms with Gasteiger partial charge in [0, 0.05) is 28.5 Å². The zero-order chi connectivity index (χ0) is 15.4. The highest BCUT2D eigenvalue weighted by Crippen LogP contribution is 2.19. The van der Waals surface area contributed by atoms with Gasteiger partial charge >= 0.3 is 5.97 Å². The minimum absolute atomic E-state index is 0.0277. The van der Waals surface area contributed by atoms with Crippen molar-refractivity contribution in [2.24, 2.45) is 0 Å². The first-order valence-corrected chi connectivity index (χ1v) is 7.65. The van der Waals surface area contributed by atoms with Crippen molar-refractivity contribution in [3.8, 4) is 0 Å². The van der Waals surface area contributed by atoms with Crippen molar-refractivity contribution in [2.45, 2.75) is 6.42 Å². The minimum Gasteiger partial charge on any atom is -0.476 e. The van der Waals surface area contributed by atoms with Crippen LogP contribution < -0.4 is 11.1 Å². The Labute approximate surface area is 133 Å². The van der Waals surface area contributed by atoms with Gasteiger partial charge in [-0.3, -0.25) is 4.79 Å². The van der Waals surface area contributed by atoms with E-state index in [1.165, 1.54) is 16.7 Å². The summed E-state index contributed by atoms with van der Waals surface area (Å²) in [5.74, 6) is -1.30. The van der Waals surface area contributed by atoms with Crippen molar-refractivity contribution in [1.82, 2.24) is 10.3 Å². The molecule has 0 aliphatic heterocycles. The van der Waals surface area contributed by atoms with Crippen molar-refractivity contribution in [2.75, 3.05) is 12.3 Å². The molecule has 0 spiro atoms. The van der Waals surface area contributed by atoms with E-state index >= 15 is 0 Å². The molecular weight excluding hydrogens is 358 g/mol. The van der Waals surface area contributed by atoms with Crippen LogP contribution in [-0.4, -0.2) is 28.5 Å². The van der Waals surface area contributed by atoms with E-state index in [0.29, 0.717) is 33.7 Å². The monoisotopic (exact) mass is 369 g/mol. The average Bonchev–Trinajstić information content (AvgIpc) is 2.90. The van der Waals surface area contributed by atoms with E-state index in [1.54, 1.807) is 18.2 Å². The summed E-state index contributed by atoms with van der Waals surface area (Å²) in [5.41, 5.74) is 6.65. The first kappa shape index (κ1) is 15.5. The van der Waals surface area contributed by atoms with E-state index in [2.05, 4.69) is 26.2 Å². The van der Waals surface area contributed by atoms with Crippen LogP contribution in [0.3, 0.4) is 0 Å². The van der Waals surface area contributed by atoms with E-state index in [1.807, 2.05) is 0 Å². The molecule has 0 aliphatic rings. The number of halogens is 1. The summed E-state index contributed by atoms with van der Waals surface area (Å²) in [7, 11) is 0. The van der Waals surface area contributed by atoms with E-state index in [4.69, 9.17) is 10.8 Å². The third kappa shape index (κ3) is 4.02. The van der Waals surface area contributed by atoms with Crippen LogP contribution in [0.5, 0.6) is 0 Å². The number of carbonyl (C=O) groups excluding carboxylic acids is 1. The Hall–Kier alpha value is -1.93. The van der Waals surface area contributed by atoms with Gasteiger partial charge in [-0.05, 0) is 34.1 Å². The normalized spacial score (nSPS) is 10.3. The number of carboxylic acid groups (broad SMARTS) is 1. The predicted octanol–water partition coefficient (Wildman–Crippen LogP) is 2.16. The molecule has 0 fully saturated rings. The fourth-order valence-corrected chi connectivity index (χ4v) is 2.82. The molecule has 0 bridgehead atoms. The fourth-order valence-electron chi connectivity index (χ4n) is 1.62. The molecular formula is C13H12BrN3O3S. The Balaban J connectivity index is 1.92. The number of thiazole rings is 1. The highest BCUT2D eigenvalue weighted by atomic mass is 79.9. The molecule has 2 aromatic rings. The van der Waals surface area contributed by atoms with Gasteiger partial charge in [-0.15, -0.1) is 11.3 Å². The summed E-state index contributed by atoms with van der Waals surface area (Å²) < 4.78 is 0.664. The molecule has 0 unspecified atom stereocenters. The number of nitrogens with zero attached hydrogens (tertiary/aromatic N) is 1. The number of nitrogen functional groups attached to an aromatic ring is 1. The van der Waals surface area contributed by atoms with Crippen molar-refractivity contribution >= 4 is 44.8 Å². The van der Waals surface area contributed by atoms with Gasteiger partial charge in [0.25, 0.3) is 5.91 Å². The number of hydrogen-bond donors (Lipinski definition) is 3. The molecule has 0 radical (unpaired) electrons. The highest BCUT2D eigenvalue weighted by molar-refractivity contribution is 9.10. The standard InChI is InChI=1S/C13H12BrN3O3S/c14-9-2-1-7(15)5-8(9)12(18)16-4-3-11-17-10(6-21-11)13(19)20/h1-2,5-6H,3-4,15H2,(H,16,18)(H,19,20). The maximum atomic E-state index is 12.0. The number of anilines is 1. The van der Waals surface area contributed by atoms with Gasteiger partial charge in [0.2, 0.25) is 0 Å². The highest BCUT2D eigenvalue weighted by Gasteiger charge is 2.11. The number of aromatic carboxylic acids is 1. The molecule has 0 atom stereocenters. The van der Waals surface area contributed by atoms with Gasteiger partial charge < -0.3 is 16.2 Å². The molecule has 4 N–H and O–H groups in total. The van der Waals surface area contributed by atoms with Crippen LogP contribution in [0.1, 0.15) is 25.9 Å². The Kier molecular flexibility index (Phi) is 4.92. The SMILES string of the molecule is Nc1ccc(Br)c(C(=O)NCCc2nc(C(=O)O)cs2)c1. The van der Waals surface area contributed by atoms with Gasteiger partial charge in [0.15, 0.2) is 5.69 Å². The summed E-state index contributed by atoms with van der Waals surface area (Å²) in [6.45, 7) is 0.368. The van der Waals surface area contributed by atoms with Crippen molar-refractivity contribution < 1.29 is 14.7 Å². The number of nitrogens with one attached hydrogen (secondary N) is 1. The maximum Gasteiger partial charge on any atom is 0.355 e. The van der Waals surface area contributed by atoms with Crippen LogP contribution in [0.4, 0.5) is 5.69 Å². The van der Waals surface area contributed by atoms with Gasteiger partial charge in [-0.25, -0.2) is 9.78 Å². The second kappa shape index (κ2) is 6.68. The zero-order valence-electron chi connectivity index (χ0n) is 10.8.